The SMILES string of the molecule is CCCNC(C)c1ccc(N(CCC)C(C)C)cc1. The van der Waals surface area contributed by atoms with Gasteiger partial charge in [-0.2, -0.15) is 0 Å². The Balaban J connectivity index is 2.73. The second-order valence-corrected chi connectivity index (χ2v) is 5.55. The van der Waals surface area contributed by atoms with Crippen LogP contribution in [0.1, 0.15) is 59.1 Å². The number of benzene rings is 1. The first-order valence-electron chi connectivity index (χ1n) is 7.70. The fourth-order valence-electron chi connectivity index (χ4n) is 2.36. The predicted octanol–water partition coefficient (Wildman–Crippen LogP) is 4.37. The highest BCUT2D eigenvalue weighted by atomic mass is 15.1. The molecule has 1 aromatic carbocycles. The molecule has 108 valence electrons. The third-order valence-electron chi connectivity index (χ3n) is 3.51. The number of nitrogens with zero attached hydrogens (tertiary/aromatic N) is 1. The Morgan fingerprint density at radius 1 is 1.00 bits per heavy atom. The van der Waals surface area contributed by atoms with Gasteiger partial charge in [-0.3, -0.25) is 0 Å². The summed E-state index contributed by atoms with van der Waals surface area (Å²) in [5, 5.41) is 3.53. The van der Waals surface area contributed by atoms with Crippen LogP contribution in [0.2, 0.25) is 0 Å². The quantitative estimate of drug-likeness (QED) is 0.748. The van der Waals surface area contributed by atoms with Crippen molar-refractivity contribution in [1.29, 1.82) is 0 Å². The van der Waals surface area contributed by atoms with Gasteiger partial charge in [-0.05, 0) is 57.9 Å². The van der Waals surface area contributed by atoms with E-state index in [2.05, 4.69) is 69.1 Å². The van der Waals surface area contributed by atoms with Crippen molar-refractivity contribution < 1.29 is 0 Å². The molecule has 0 saturated heterocycles. The molecule has 1 N–H and O–H groups in total. The highest BCUT2D eigenvalue weighted by Crippen LogP contribution is 2.21. The summed E-state index contributed by atoms with van der Waals surface area (Å²) in [6, 6.07) is 10.0. The molecule has 0 radical (unpaired) electrons. The van der Waals surface area contributed by atoms with Gasteiger partial charge >= 0.3 is 0 Å². The van der Waals surface area contributed by atoms with Gasteiger partial charge in [-0.15, -0.1) is 0 Å². The maximum absolute atomic E-state index is 3.53. The van der Waals surface area contributed by atoms with Crippen molar-refractivity contribution in [2.24, 2.45) is 0 Å². The lowest BCUT2D eigenvalue weighted by atomic mass is 10.1. The zero-order valence-corrected chi connectivity index (χ0v) is 13.2. The van der Waals surface area contributed by atoms with Crippen molar-refractivity contribution in [2.45, 2.75) is 59.5 Å². The molecule has 0 saturated carbocycles. The second kappa shape index (κ2) is 8.21. The number of nitrogens with one attached hydrogen (secondary N) is 1. The lowest BCUT2D eigenvalue weighted by molar-refractivity contribution is 0.570. The molecular formula is C17H30N2. The fraction of sp³-hybridized carbons (Fsp3) is 0.647. The number of anilines is 1. The zero-order chi connectivity index (χ0) is 14.3. The summed E-state index contributed by atoms with van der Waals surface area (Å²) in [4.78, 5) is 2.47. The van der Waals surface area contributed by atoms with Crippen LogP contribution in [0.3, 0.4) is 0 Å². The van der Waals surface area contributed by atoms with Gasteiger partial charge in [0.1, 0.15) is 0 Å². The van der Waals surface area contributed by atoms with Crippen LogP contribution < -0.4 is 10.2 Å². The topological polar surface area (TPSA) is 15.3 Å². The Labute approximate surface area is 119 Å². The van der Waals surface area contributed by atoms with Crippen LogP contribution >= 0.6 is 0 Å². The summed E-state index contributed by atoms with van der Waals surface area (Å²) >= 11 is 0. The fourth-order valence-corrected chi connectivity index (χ4v) is 2.36. The molecule has 1 aromatic rings. The largest absolute Gasteiger partial charge is 0.369 e. The first-order chi connectivity index (χ1) is 9.10. The minimum atomic E-state index is 0.438. The Morgan fingerprint density at radius 2 is 1.63 bits per heavy atom. The Hall–Kier alpha value is -1.02. The summed E-state index contributed by atoms with van der Waals surface area (Å²) in [5.41, 5.74) is 2.71. The predicted molar refractivity (Wildman–Crippen MR) is 85.9 cm³/mol. The lowest BCUT2D eigenvalue weighted by Gasteiger charge is -2.29. The first-order valence-corrected chi connectivity index (χ1v) is 7.70. The standard InChI is InChI=1S/C17H30N2/c1-6-12-18-15(5)16-8-10-17(11-9-16)19(13-7-2)14(3)4/h8-11,14-15,18H,6-7,12-13H2,1-5H3. The molecule has 0 aliphatic rings. The minimum absolute atomic E-state index is 0.438. The molecule has 0 heterocycles. The summed E-state index contributed by atoms with van der Waals surface area (Å²) in [7, 11) is 0. The van der Waals surface area contributed by atoms with Crippen molar-refractivity contribution in [3.8, 4) is 0 Å². The van der Waals surface area contributed by atoms with Gasteiger partial charge < -0.3 is 10.2 Å². The molecule has 0 aliphatic carbocycles. The van der Waals surface area contributed by atoms with E-state index in [0.29, 0.717) is 12.1 Å². The molecule has 19 heavy (non-hydrogen) atoms. The molecule has 2 nitrogen and oxygen atoms in total. The van der Waals surface area contributed by atoms with E-state index < -0.39 is 0 Å². The van der Waals surface area contributed by atoms with Crippen LogP contribution in [0, 0.1) is 0 Å². The van der Waals surface area contributed by atoms with E-state index in [9.17, 15) is 0 Å². The highest BCUT2D eigenvalue weighted by molar-refractivity contribution is 5.48. The van der Waals surface area contributed by atoms with Crippen LogP contribution in [-0.2, 0) is 0 Å². The van der Waals surface area contributed by atoms with Crippen molar-refractivity contribution in [1.82, 2.24) is 5.32 Å². The third kappa shape index (κ3) is 4.87. The maximum Gasteiger partial charge on any atom is 0.0368 e. The van der Waals surface area contributed by atoms with E-state index in [0.717, 1.165) is 13.1 Å². The summed E-state index contributed by atoms with van der Waals surface area (Å²) < 4.78 is 0. The Morgan fingerprint density at radius 3 is 2.11 bits per heavy atom. The van der Waals surface area contributed by atoms with Crippen molar-refractivity contribution >= 4 is 5.69 Å². The molecule has 1 atom stereocenters. The molecule has 2 heteroatoms. The molecule has 0 fully saturated rings. The highest BCUT2D eigenvalue weighted by Gasteiger charge is 2.10. The number of hydrogen-bond acceptors (Lipinski definition) is 2. The van der Waals surface area contributed by atoms with Gasteiger partial charge in [0.25, 0.3) is 0 Å². The van der Waals surface area contributed by atoms with Crippen LogP contribution in [0.25, 0.3) is 0 Å². The summed E-state index contributed by atoms with van der Waals surface area (Å²) in [5.74, 6) is 0. The zero-order valence-electron chi connectivity index (χ0n) is 13.2. The van der Waals surface area contributed by atoms with Gasteiger partial charge in [-0.25, -0.2) is 0 Å². The van der Waals surface area contributed by atoms with Gasteiger partial charge in [-0.1, -0.05) is 26.0 Å². The van der Waals surface area contributed by atoms with Crippen molar-refractivity contribution in [3.05, 3.63) is 29.8 Å². The molecule has 0 amide bonds. The van der Waals surface area contributed by atoms with Crippen LogP contribution in [0.5, 0.6) is 0 Å². The van der Waals surface area contributed by atoms with E-state index in [-0.39, 0.29) is 0 Å². The van der Waals surface area contributed by atoms with Crippen LogP contribution in [-0.4, -0.2) is 19.1 Å². The van der Waals surface area contributed by atoms with Crippen LogP contribution in [0.15, 0.2) is 24.3 Å². The van der Waals surface area contributed by atoms with Crippen LogP contribution in [0.4, 0.5) is 5.69 Å². The minimum Gasteiger partial charge on any atom is -0.369 e. The monoisotopic (exact) mass is 262 g/mol. The molecule has 0 aromatic heterocycles. The summed E-state index contributed by atoms with van der Waals surface area (Å²) in [6.45, 7) is 13.4. The van der Waals surface area contributed by atoms with Gasteiger partial charge in [0, 0.05) is 24.3 Å². The molecule has 0 spiro atoms. The third-order valence-corrected chi connectivity index (χ3v) is 3.51. The van der Waals surface area contributed by atoms with Gasteiger partial charge in [0.05, 0.1) is 0 Å². The van der Waals surface area contributed by atoms with Gasteiger partial charge in [0.2, 0.25) is 0 Å². The lowest BCUT2D eigenvalue weighted by Crippen LogP contribution is -2.31. The first kappa shape index (κ1) is 16.0. The van der Waals surface area contributed by atoms with E-state index in [4.69, 9.17) is 0 Å². The molecule has 0 aliphatic heterocycles. The second-order valence-electron chi connectivity index (χ2n) is 5.55. The molecular weight excluding hydrogens is 232 g/mol. The van der Waals surface area contributed by atoms with E-state index in [1.54, 1.807) is 0 Å². The number of rotatable bonds is 8. The molecule has 1 unspecified atom stereocenters. The Kier molecular flexibility index (Phi) is 6.93. The molecule has 0 bridgehead atoms. The summed E-state index contributed by atoms with van der Waals surface area (Å²) in [6.07, 6.45) is 2.37. The molecule has 1 rings (SSSR count). The van der Waals surface area contributed by atoms with Gasteiger partial charge in [0.15, 0.2) is 0 Å². The van der Waals surface area contributed by atoms with E-state index in [1.807, 2.05) is 0 Å². The smallest absolute Gasteiger partial charge is 0.0368 e. The van der Waals surface area contributed by atoms with E-state index >= 15 is 0 Å². The van der Waals surface area contributed by atoms with Crippen molar-refractivity contribution in [2.75, 3.05) is 18.0 Å². The number of hydrogen-bond donors (Lipinski definition) is 1. The normalized spacial score (nSPS) is 12.7. The van der Waals surface area contributed by atoms with E-state index in [1.165, 1.54) is 24.1 Å². The van der Waals surface area contributed by atoms with Crippen molar-refractivity contribution in [3.63, 3.8) is 0 Å². The average Bonchev–Trinajstić information content (AvgIpc) is 2.42. The maximum atomic E-state index is 3.53. The average molecular weight is 262 g/mol. The Bertz CT molecular complexity index is 343.